The Balaban J connectivity index is 1.26. The van der Waals surface area contributed by atoms with E-state index in [2.05, 4.69) is 20.8 Å². The Bertz CT molecular complexity index is 1150. The molecule has 3 aromatic rings. The fraction of sp³-hybridized carbons (Fsp3) is 0.375. The van der Waals surface area contributed by atoms with E-state index in [1.54, 1.807) is 42.5 Å². The number of rotatable bonds is 8. The molecule has 2 N–H and O–H groups in total. The second-order valence-corrected chi connectivity index (χ2v) is 9.33. The average Bonchev–Trinajstić information content (AvgIpc) is 3.57. The molecule has 0 aliphatic carbocycles. The van der Waals surface area contributed by atoms with Crippen molar-refractivity contribution in [1.29, 1.82) is 0 Å². The van der Waals surface area contributed by atoms with Gasteiger partial charge in [-0.05, 0) is 56.2 Å². The van der Waals surface area contributed by atoms with Crippen molar-refractivity contribution >= 4 is 34.7 Å². The number of anilines is 1. The summed E-state index contributed by atoms with van der Waals surface area (Å²) in [5, 5.41) is 13.8. The summed E-state index contributed by atoms with van der Waals surface area (Å²) in [7, 11) is 1.56. The van der Waals surface area contributed by atoms with Gasteiger partial charge in [-0.2, -0.15) is 0 Å². The van der Waals surface area contributed by atoms with Gasteiger partial charge in [0.25, 0.3) is 11.8 Å². The number of likely N-dealkylation sites (tertiary alicyclic amines) is 1. The maximum Gasteiger partial charge on any atom is 0.286 e. The van der Waals surface area contributed by atoms with Gasteiger partial charge in [0.2, 0.25) is 15.9 Å². The fourth-order valence-corrected chi connectivity index (χ4v) is 4.59. The molecule has 0 unspecified atom stereocenters. The lowest BCUT2D eigenvalue weighted by atomic mass is 9.95. The lowest BCUT2D eigenvalue weighted by Crippen LogP contribution is -2.45. The van der Waals surface area contributed by atoms with Crippen LogP contribution >= 0.6 is 11.3 Å². The first-order valence-electron chi connectivity index (χ1n) is 11.3. The van der Waals surface area contributed by atoms with Crippen LogP contribution in [0.2, 0.25) is 0 Å². The number of nitrogens with one attached hydrogen (secondary N) is 2. The number of furan rings is 1. The van der Waals surface area contributed by atoms with Gasteiger partial charge in [0.15, 0.2) is 0 Å². The van der Waals surface area contributed by atoms with Crippen LogP contribution in [0.5, 0.6) is 5.75 Å². The highest BCUT2D eigenvalue weighted by Crippen LogP contribution is 2.22. The second kappa shape index (κ2) is 11.1. The Morgan fingerprint density at radius 1 is 1.14 bits per heavy atom. The molecular weight excluding hydrogens is 470 g/mol. The van der Waals surface area contributed by atoms with Crippen LogP contribution in [0.15, 0.2) is 47.1 Å². The van der Waals surface area contributed by atoms with Gasteiger partial charge in [-0.15, -0.1) is 10.2 Å². The molecular formula is C24H27N5O5S. The Labute approximate surface area is 206 Å². The highest BCUT2D eigenvalue weighted by molar-refractivity contribution is 7.15. The number of ether oxygens (including phenoxy) is 1. The summed E-state index contributed by atoms with van der Waals surface area (Å²) >= 11 is 0.948. The van der Waals surface area contributed by atoms with E-state index in [1.807, 2.05) is 19.1 Å². The van der Waals surface area contributed by atoms with Gasteiger partial charge >= 0.3 is 0 Å². The number of amides is 3. The molecule has 1 aliphatic rings. The minimum absolute atomic E-state index is 0.00967. The first-order valence-corrected chi connectivity index (χ1v) is 12.2. The van der Waals surface area contributed by atoms with E-state index in [0.29, 0.717) is 43.8 Å². The largest absolute Gasteiger partial charge is 0.497 e. The zero-order valence-corrected chi connectivity index (χ0v) is 20.3. The predicted octanol–water partition coefficient (Wildman–Crippen LogP) is 2.99. The Morgan fingerprint density at radius 2 is 1.86 bits per heavy atom. The van der Waals surface area contributed by atoms with Gasteiger partial charge in [-0.25, -0.2) is 0 Å². The molecule has 2 aromatic heterocycles. The van der Waals surface area contributed by atoms with Gasteiger partial charge in [-0.3, -0.25) is 14.4 Å². The number of piperidine rings is 1. The molecule has 1 aromatic carbocycles. The van der Waals surface area contributed by atoms with Crippen LogP contribution in [0.4, 0.5) is 5.69 Å². The number of hydrogen-bond acceptors (Lipinski definition) is 8. The van der Waals surface area contributed by atoms with Crippen molar-refractivity contribution in [2.24, 2.45) is 5.92 Å². The fourth-order valence-electron chi connectivity index (χ4n) is 3.88. The molecule has 3 amide bonds. The highest BCUT2D eigenvalue weighted by atomic mass is 32.1. The SMILES string of the molecule is COc1ccc(NC(=O)c2nnc(C(=O)N3CCC(C(=O)N[C@H](C)Cc4ccco4)CC3)s2)cc1. The predicted molar refractivity (Wildman–Crippen MR) is 130 cm³/mol. The van der Waals surface area contributed by atoms with Crippen molar-refractivity contribution in [2.45, 2.75) is 32.2 Å². The van der Waals surface area contributed by atoms with Crippen LogP contribution in [-0.4, -0.2) is 59.1 Å². The number of benzene rings is 1. The molecule has 0 saturated carbocycles. The van der Waals surface area contributed by atoms with Gasteiger partial charge in [0.1, 0.15) is 11.5 Å². The van der Waals surface area contributed by atoms with Gasteiger partial charge < -0.3 is 24.7 Å². The molecule has 35 heavy (non-hydrogen) atoms. The van der Waals surface area contributed by atoms with Crippen LogP contribution in [0.25, 0.3) is 0 Å². The Hall–Kier alpha value is -3.73. The number of nitrogens with zero attached hydrogens (tertiary/aromatic N) is 3. The van der Waals surface area contributed by atoms with E-state index in [4.69, 9.17) is 9.15 Å². The van der Waals surface area contributed by atoms with Crippen LogP contribution in [-0.2, 0) is 11.2 Å². The standard InChI is InChI=1S/C24H27N5O5S/c1-15(14-19-4-3-13-34-19)25-20(30)16-9-11-29(12-10-16)24(32)23-28-27-22(35-23)21(31)26-17-5-7-18(33-2)8-6-17/h3-8,13,15-16H,9-12,14H2,1-2H3,(H,25,30)(H,26,31)/t15-/m1/s1. The van der Waals surface area contributed by atoms with Crippen molar-refractivity contribution in [3.63, 3.8) is 0 Å². The first-order chi connectivity index (χ1) is 16.9. The topological polar surface area (TPSA) is 127 Å². The van der Waals surface area contributed by atoms with Gasteiger partial charge in [-0.1, -0.05) is 11.3 Å². The molecule has 0 spiro atoms. The zero-order chi connectivity index (χ0) is 24.8. The van der Waals surface area contributed by atoms with E-state index < -0.39 is 5.91 Å². The Morgan fingerprint density at radius 3 is 2.51 bits per heavy atom. The van der Waals surface area contributed by atoms with Crippen molar-refractivity contribution in [2.75, 3.05) is 25.5 Å². The van der Waals surface area contributed by atoms with Crippen molar-refractivity contribution in [3.8, 4) is 5.75 Å². The summed E-state index contributed by atoms with van der Waals surface area (Å²) in [5.41, 5.74) is 0.581. The third-order valence-electron chi connectivity index (χ3n) is 5.78. The maximum absolute atomic E-state index is 12.9. The third-order valence-corrected chi connectivity index (χ3v) is 6.69. The number of carbonyl (C=O) groups is 3. The molecule has 11 heteroatoms. The molecule has 0 radical (unpaired) electrons. The van der Waals surface area contributed by atoms with E-state index >= 15 is 0 Å². The van der Waals surface area contributed by atoms with Gasteiger partial charge in [0.05, 0.1) is 13.4 Å². The van der Waals surface area contributed by atoms with Crippen LogP contribution < -0.4 is 15.4 Å². The van der Waals surface area contributed by atoms with Crippen molar-refractivity contribution < 1.29 is 23.5 Å². The lowest BCUT2D eigenvalue weighted by Gasteiger charge is -2.31. The second-order valence-electron chi connectivity index (χ2n) is 8.35. The highest BCUT2D eigenvalue weighted by Gasteiger charge is 2.30. The van der Waals surface area contributed by atoms with Crippen molar-refractivity contribution in [3.05, 3.63) is 58.4 Å². The van der Waals surface area contributed by atoms with E-state index in [0.717, 1.165) is 17.1 Å². The molecule has 184 valence electrons. The minimum Gasteiger partial charge on any atom is -0.497 e. The number of aromatic nitrogens is 2. The Kier molecular flexibility index (Phi) is 7.76. The third kappa shape index (κ3) is 6.24. The van der Waals surface area contributed by atoms with E-state index in [1.165, 1.54) is 0 Å². The maximum atomic E-state index is 12.9. The average molecular weight is 498 g/mol. The number of hydrogen-bond donors (Lipinski definition) is 2. The molecule has 10 nitrogen and oxygen atoms in total. The molecule has 1 atom stereocenters. The molecule has 1 aliphatic heterocycles. The summed E-state index contributed by atoms with van der Waals surface area (Å²) in [4.78, 5) is 39.6. The molecule has 3 heterocycles. The van der Waals surface area contributed by atoms with Crippen LogP contribution in [0.3, 0.4) is 0 Å². The zero-order valence-electron chi connectivity index (χ0n) is 19.5. The normalized spacial score (nSPS) is 14.9. The lowest BCUT2D eigenvalue weighted by molar-refractivity contribution is -0.126. The summed E-state index contributed by atoms with van der Waals surface area (Å²) < 4.78 is 10.4. The smallest absolute Gasteiger partial charge is 0.286 e. The molecule has 1 fully saturated rings. The molecule has 0 bridgehead atoms. The minimum atomic E-state index is -0.439. The molecule has 4 rings (SSSR count). The number of carbonyl (C=O) groups excluding carboxylic acids is 3. The van der Waals surface area contributed by atoms with Crippen molar-refractivity contribution in [1.82, 2.24) is 20.4 Å². The first kappa shape index (κ1) is 24.4. The summed E-state index contributed by atoms with van der Waals surface area (Å²) in [6.07, 6.45) is 3.37. The summed E-state index contributed by atoms with van der Waals surface area (Å²) in [6.45, 7) is 2.82. The summed E-state index contributed by atoms with van der Waals surface area (Å²) in [5.74, 6) is 0.619. The van der Waals surface area contributed by atoms with E-state index in [-0.39, 0.29) is 33.8 Å². The van der Waals surface area contributed by atoms with Crippen LogP contribution in [0, 0.1) is 5.92 Å². The monoisotopic (exact) mass is 497 g/mol. The van der Waals surface area contributed by atoms with Crippen LogP contribution in [0.1, 0.15) is 45.1 Å². The summed E-state index contributed by atoms with van der Waals surface area (Å²) in [6, 6.07) is 10.5. The molecule has 1 saturated heterocycles. The quantitative estimate of drug-likeness (QED) is 0.490. The van der Waals surface area contributed by atoms with Gasteiger partial charge in [0, 0.05) is 37.2 Å². The van der Waals surface area contributed by atoms with E-state index in [9.17, 15) is 14.4 Å². The number of methoxy groups -OCH3 is 1.